The Hall–Kier alpha value is -5.12. The van der Waals surface area contributed by atoms with Crippen LogP contribution in [-0.2, 0) is 0 Å². The van der Waals surface area contributed by atoms with E-state index in [0.717, 1.165) is 60.2 Å². The van der Waals surface area contributed by atoms with Crippen molar-refractivity contribution in [3.05, 3.63) is 162 Å². The van der Waals surface area contributed by atoms with Crippen LogP contribution in [-0.4, -0.2) is 0 Å². The molecule has 7 aromatic carbocycles. The number of anilines is 3. The van der Waals surface area contributed by atoms with Gasteiger partial charge in [0.25, 0.3) is 0 Å². The third-order valence-electron chi connectivity index (χ3n) is 8.09. The molecule has 1 heterocycles. The summed E-state index contributed by atoms with van der Waals surface area (Å²) in [6.07, 6.45) is 0. The SMILES string of the molecule is Brc1ccc(-c2cccc(N(c3ccccc3)c3ccc4ccccc4c3)c2)c(-c2ccc3oc4ccccc4c3c2)c1. The zero-order valence-corrected chi connectivity index (χ0v) is 24.8. The summed E-state index contributed by atoms with van der Waals surface area (Å²) in [6.45, 7) is 0. The zero-order chi connectivity index (χ0) is 28.8. The van der Waals surface area contributed by atoms with Crippen LogP contribution in [0.3, 0.4) is 0 Å². The lowest BCUT2D eigenvalue weighted by Gasteiger charge is -2.26. The Balaban J connectivity index is 1.28. The van der Waals surface area contributed by atoms with Gasteiger partial charge in [-0.2, -0.15) is 0 Å². The van der Waals surface area contributed by atoms with Crippen molar-refractivity contribution in [1.29, 1.82) is 0 Å². The molecular formula is C40H26BrNO. The normalized spacial score (nSPS) is 11.4. The average molecular weight is 617 g/mol. The molecule has 0 saturated heterocycles. The maximum atomic E-state index is 6.12. The monoisotopic (exact) mass is 615 g/mol. The minimum absolute atomic E-state index is 0.900. The molecular weight excluding hydrogens is 590 g/mol. The molecule has 2 nitrogen and oxygen atoms in total. The fourth-order valence-corrected chi connectivity index (χ4v) is 6.41. The van der Waals surface area contributed by atoms with Crippen molar-refractivity contribution in [3.8, 4) is 22.3 Å². The van der Waals surface area contributed by atoms with Gasteiger partial charge in [-0.25, -0.2) is 0 Å². The third kappa shape index (κ3) is 4.68. The van der Waals surface area contributed by atoms with E-state index in [-0.39, 0.29) is 0 Å². The highest BCUT2D eigenvalue weighted by molar-refractivity contribution is 9.10. The van der Waals surface area contributed by atoms with Crippen LogP contribution in [0.5, 0.6) is 0 Å². The van der Waals surface area contributed by atoms with Crippen molar-refractivity contribution in [2.24, 2.45) is 0 Å². The number of hydrogen-bond acceptors (Lipinski definition) is 2. The average Bonchev–Trinajstić information content (AvgIpc) is 3.43. The molecule has 0 saturated carbocycles. The number of rotatable bonds is 5. The number of hydrogen-bond donors (Lipinski definition) is 0. The van der Waals surface area contributed by atoms with E-state index in [0.29, 0.717) is 0 Å². The lowest BCUT2D eigenvalue weighted by molar-refractivity contribution is 0.669. The number of benzene rings is 7. The van der Waals surface area contributed by atoms with Gasteiger partial charge in [0.2, 0.25) is 0 Å². The first-order valence-electron chi connectivity index (χ1n) is 14.4. The molecule has 0 unspecified atom stereocenters. The molecule has 8 rings (SSSR count). The van der Waals surface area contributed by atoms with Crippen LogP contribution in [0.2, 0.25) is 0 Å². The zero-order valence-electron chi connectivity index (χ0n) is 23.2. The summed E-state index contributed by atoms with van der Waals surface area (Å²) in [4.78, 5) is 2.33. The molecule has 3 heteroatoms. The maximum Gasteiger partial charge on any atom is 0.135 e. The minimum Gasteiger partial charge on any atom is -0.456 e. The van der Waals surface area contributed by atoms with Crippen molar-refractivity contribution in [2.45, 2.75) is 0 Å². The van der Waals surface area contributed by atoms with Crippen molar-refractivity contribution in [3.63, 3.8) is 0 Å². The Kier molecular flexibility index (Phi) is 6.31. The van der Waals surface area contributed by atoms with Gasteiger partial charge in [-0.05, 0) is 99.8 Å². The molecule has 0 atom stereocenters. The highest BCUT2D eigenvalue weighted by Gasteiger charge is 2.16. The Morgan fingerprint density at radius 1 is 0.419 bits per heavy atom. The molecule has 0 aliphatic carbocycles. The number of furan rings is 1. The van der Waals surface area contributed by atoms with Gasteiger partial charge in [0.1, 0.15) is 11.2 Å². The van der Waals surface area contributed by atoms with Gasteiger partial charge in [0, 0.05) is 32.3 Å². The Labute approximate surface area is 258 Å². The Morgan fingerprint density at radius 3 is 2.05 bits per heavy atom. The van der Waals surface area contributed by atoms with Crippen LogP contribution in [0, 0.1) is 0 Å². The fourth-order valence-electron chi connectivity index (χ4n) is 6.05. The van der Waals surface area contributed by atoms with Crippen molar-refractivity contribution < 1.29 is 4.42 Å². The predicted molar refractivity (Wildman–Crippen MR) is 184 cm³/mol. The summed E-state index contributed by atoms with van der Waals surface area (Å²) in [6, 6.07) is 55.9. The molecule has 0 spiro atoms. The van der Waals surface area contributed by atoms with E-state index in [1.807, 2.05) is 12.1 Å². The number of para-hydroxylation sites is 2. The van der Waals surface area contributed by atoms with Crippen LogP contribution in [0.15, 0.2) is 167 Å². The molecule has 43 heavy (non-hydrogen) atoms. The summed E-state index contributed by atoms with van der Waals surface area (Å²) in [5.41, 5.74) is 9.78. The quantitative estimate of drug-likeness (QED) is 0.191. The summed E-state index contributed by atoms with van der Waals surface area (Å²) in [5.74, 6) is 0. The van der Waals surface area contributed by atoms with Gasteiger partial charge in [0.05, 0.1) is 0 Å². The van der Waals surface area contributed by atoms with Gasteiger partial charge in [0.15, 0.2) is 0 Å². The van der Waals surface area contributed by atoms with Gasteiger partial charge in [-0.3, -0.25) is 0 Å². The van der Waals surface area contributed by atoms with Gasteiger partial charge in [-0.1, -0.05) is 107 Å². The van der Waals surface area contributed by atoms with E-state index in [2.05, 4.69) is 166 Å². The number of halogens is 1. The Bertz CT molecular complexity index is 2270. The van der Waals surface area contributed by atoms with E-state index >= 15 is 0 Å². The van der Waals surface area contributed by atoms with Crippen LogP contribution in [0.4, 0.5) is 17.1 Å². The molecule has 0 aliphatic heterocycles. The van der Waals surface area contributed by atoms with Crippen molar-refractivity contribution in [2.75, 3.05) is 4.90 Å². The smallest absolute Gasteiger partial charge is 0.135 e. The highest BCUT2D eigenvalue weighted by atomic mass is 79.9. The highest BCUT2D eigenvalue weighted by Crippen LogP contribution is 2.41. The standard InChI is InChI=1S/C40H26BrNO/c41-31-19-21-35(37(26-31)30-18-22-40-38(25-30)36-15-6-7-16-39(36)43-40)29-11-8-14-33(24-29)42(32-12-2-1-3-13-32)34-20-17-27-9-4-5-10-28(27)23-34/h1-26H. The van der Waals surface area contributed by atoms with Gasteiger partial charge in [-0.15, -0.1) is 0 Å². The molecule has 8 aromatic rings. The van der Waals surface area contributed by atoms with E-state index in [1.165, 1.54) is 16.3 Å². The summed E-state index contributed by atoms with van der Waals surface area (Å²) in [7, 11) is 0. The number of fused-ring (bicyclic) bond motifs is 4. The lowest BCUT2D eigenvalue weighted by Crippen LogP contribution is -2.09. The first kappa shape index (κ1) is 25.6. The predicted octanol–water partition coefficient (Wildman–Crippen LogP) is 12.3. The van der Waals surface area contributed by atoms with Crippen LogP contribution in [0.25, 0.3) is 55.0 Å². The van der Waals surface area contributed by atoms with E-state index < -0.39 is 0 Å². The van der Waals surface area contributed by atoms with E-state index in [1.54, 1.807) is 0 Å². The molecule has 1 aromatic heterocycles. The summed E-state index contributed by atoms with van der Waals surface area (Å²) in [5, 5.41) is 4.70. The molecule has 0 fully saturated rings. The molecule has 0 aliphatic rings. The topological polar surface area (TPSA) is 16.4 Å². The van der Waals surface area contributed by atoms with Crippen LogP contribution in [0.1, 0.15) is 0 Å². The fraction of sp³-hybridized carbons (Fsp3) is 0. The van der Waals surface area contributed by atoms with E-state index in [4.69, 9.17) is 4.42 Å². The van der Waals surface area contributed by atoms with E-state index in [9.17, 15) is 0 Å². The largest absolute Gasteiger partial charge is 0.456 e. The first-order chi connectivity index (χ1) is 21.2. The summed E-state index contributed by atoms with van der Waals surface area (Å²) >= 11 is 3.74. The van der Waals surface area contributed by atoms with Crippen molar-refractivity contribution in [1.82, 2.24) is 0 Å². The second-order valence-corrected chi connectivity index (χ2v) is 11.7. The minimum atomic E-state index is 0.900. The second kappa shape index (κ2) is 10.6. The first-order valence-corrected chi connectivity index (χ1v) is 15.2. The van der Waals surface area contributed by atoms with Crippen molar-refractivity contribution >= 4 is 65.7 Å². The number of nitrogens with zero attached hydrogens (tertiary/aromatic N) is 1. The van der Waals surface area contributed by atoms with Gasteiger partial charge < -0.3 is 9.32 Å². The molecule has 0 N–H and O–H groups in total. The molecule has 204 valence electrons. The molecule has 0 amide bonds. The second-order valence-electron chi connectivity index (χ2n) is 10.8. The molecule has 0 bridgehead atoms. The third-order valence-corrected chi connectivity index (χ3v) is 8.58. The maximum absolute atomic E-state index is 6.12. The lowest BCUT2D eigenvalue weighted by atomic mass is 9.93. The van der Waals surface area contributed by atoms with Crippen LogP contribution < -0.4 is 4.90 Å². The van der Waals surface area contributed by atoms with Gasteiger partial charge >= 0.3 is 0 Å². The van der Waals surface area contributed by atoms with Crippen LogP contribution >= 0.6 is 15.9 Å². The Morgan fingerprint density at radius 2 is 1.14 bits per heavy atom. The summed E-state index contributed by atoms with van der Waals surface area (Å²) < 4.78 is 7.16. The molecule has 0 radical (unpaired) electrons.